The van der Waals surface area contributed by atoms with Crippen molar-refractivity contribution in [1.82, 2.24) is 0 Å². The van der Waals surface area contributed by atoms with Gasteiger partial charge in [-0.2, -0.15) is 0 Å². The first-order chi connectivity index (χ1) is 27.5. The van der Waals surface area contributed by atoms with E-state index in [4.69, 9.17) is 28.4 Å². The molecule has 0 aromatic heterocycles. The van der Waals surface area contributed by atoms with Gasteiger partial charge in [-0.25, -0.2) is 14.4 Å². The molecule has 0 saturated carbocycles. The van der Waals surface area contributed by atoms with E-state index in [-0.39, 0.29) is 23.3 Å². The van der Waals surface area contributed by atoms with Gasteiger partial charge < -0.3 is 28.4 Å². The fourth-order valence-electron chi connectivity index (χ4n) is 6.88. The quantitative estimate of drug-likeness (QED) is 0.0659. The van der Waals surface area contributed by atoms with E-state index in [2.05, 4.69) is 0 Å². The van der Waals surface area contributed by atoms with Crippen molar-refractivity contribution in [3.8, 4) is 0 Å². The minimum Gasteiger partial charge on any atom is -0.452 e. The minimum atomic E-state index is -1.42. The number of ether oxygens (including phenoxy) is 6. The minimum absolute atomic E-state index is 0.204. The normalized spacial score (nSPS) is 19.3. The molecule has 5 atom stereocenters. The van der Waals surface area contributed by atoms with E-state index in [0.29, 0.717) is 0 Å². The molecule has 282 valence electrons. The van der Waals surface area contributed by atoms with Crippen LogP contribution in [0.3, 0.4) is 0 Å². The molecule has 0 radical (unpaired) electrons. The summed E-state index contributed by atoms with van der Waals surface area (Å²) in [6.07, 6.45) is -6.57. The van der Waals surface area contributed by atoms with Crippen molar-refractivity contribution < 1.29 is 42.8 Å². The number of rotatable bonds is 13. The summed E-state index contributed by atoms with van der Waals surface area (Å²) in [6.45, 7) is -0.204. The summed E-state index contributed by atoms with van der Waals surface area (Å²) in [5.41, 5.74) is 2.04. The fourth-order valence-corrected chi connectivity index (χ4v) is 6.88. The third kappa shape index (κ3) is 8.30. The van der Waals surface area contributed by atoms with E-state index >= 15 is 0 Å². The lowest BCUT2D eigenvalue weighted by atomic mass is 9.80. The molecule has 1 heterocycles. The van der Waals surface area contributed by atoms with Crippen molar-refractivity contribution in [3.63, 3.8) is 0 Å². The summed E-state index contributed by atoms with van der Waals surface area (Å²) in [6, 6.07) is 54.4. The van der Waals surface area contributed by atoms with Gasteiger partial charge in [-0.1, -0.05) is 146 Å². The maximum atomic E-state index is 13.9. The Kier molecular flexibility index (Phi) is 12.1. The van der Waals surface area contributed by atoms with Crippen LogP contribution in [0.5, 0.6) is 0 Å². The molecule has 56 heavy (non-hydrogen) atoms. The van der Waals surface area contributed by atoms with Gasteiger partial charge in [0.25, 0.3) is 0 Å². The van der Waals surface area contributed by atoms with Crippen LogP contribution < -0.4 is 0 Å². The molecule has 0 aliphatic carbocycles. The summed E-state index contributed by atoms with van der Waals surface area (Å²) in [7, 11) is 1.39. The van der Waals surface area contributed by atoms with Crippen LogP contribution in [0.25, 0.3) is 0 Å². The van der Waals surface area contributed by atoms with Crippen LogP contribution in [0.2, 0.25) is 0 Å². The lowest BCUT2D eigenvalue weighted by Gasteiger charge is -2.45. The predicted molar refractivity (Wildman–Crippen MR) is 208 cm³/mol. The third-order valence-electron chi connectivity index (χ3n) is 9.59. The maximum absolute atomic E-state index is 13.9. The summed E-state index contributed by atoms with van der Waals surface area (Å²) >= 11 is 0. The summed E-state index contributed by atoms with van der Waals surface area (Å²) in [5.74, 6) is -2.17. The molecule has 0 bridgehead atoms. The van der Waals surface area contributed by atoms with Crippen molar-refractivity contribution in [2.45, 2.75) is 36.3 Å². The predicted octanol–water partition coefficient (Wildman–Crippen LogP) is 8.04. The Balaban J connectivity index is 1.33. The number of carbonyl (C=O) groups is 3. The van der Waals surface area contributed by atoms with Gasteiger partial charge in [0.15, 0.2) is 24.6 Å². The molecule has 0 spiro atoms. The maximum Gasteiger partial charge on any atom is 0.338 e. The first-order valence-corrected chi connectivity index (χ1v) is 18.2. The van der Waals surface area contributed by atoms with Crippen molar-refractivity contribution >= 4 is 17.9 Å². The van der Waals surface area contributed by atoms with Gasteiger partial charge in [0.1, 0.15) is 11.7 Å². The number of hydrogen-bond donors (Lipinski definition) is 0. The van der Waals surface area contributed by atoms with E-state index in [0.717, 1.165) is 16.7 Å². The molecule has 5 unspecified atom stereocenters. The Hall–Kier alpha value is -6.39. The van der Waals surface area contributed by atoms with Gasteiger partial charge in [0.2, 0.25) is 0 Å². The number of esters is 3. The first kappa shape index (κ1) is 37.9. The smallest absolute Gasteiger partial charge is 0.338 e. The Morgan fingerprint density at radius 1 is 0.464 bits per heavy atom. The van der Waals surface area contributed by atoms with E-state index in [1.807, 2.05) is 91.0 Å². The Morgan fingerprint density at radius 2 is 0.786 bits per heavy atom. The molecule has 7 rings (SSSR count). The Bertz CT molecular complexity index is 2070. The number of benzene rings is 6. The largest absolute Gasteiger partial charge is 0.452 e. The van der Waals surface area contributed by atoms with Crippen molar-refractivity contribution in [2.75, 3.05) is 13.7 Å². The van der Waals surface area contributed by atoms with Gasteiger partial charge in [-0.05, 0) is 53.1 Å². The van der Waals surface area contributed by atoms with E-state index in [1.165, 1.54) is 7.11 Å². The molecule has 1 aliphatic heterocycles. The van der Waals surface area contributed by atoms with E-state index in [9.17, 15) is 14.4 Å². The lowest BCUT2D eigenvalue weighted by Crippen LogP contribution is -2.63. The second-order valence-corrected chi connectivity index (χ2v) is 13.1. The highest BCUT2D eigenvalue weighted by Gasteiger charge is 2.54. The third-order valence-corrected chi connectivity index (χ3v) is 9.59. The zero-order valence-corrected chi connectivity index (χ0v) is 30.6. The monoisotopic (exact) mass is 748 g/mol. The Labute approximate surface area is 325 Å². The molecule has 6 aromatic rings. The van der Waals surface area contributed by atoms with Crippen LogP contribution in [-0.2, 0) is 34.0 Å². The number of methoxy groups -OCH3 is 1. The standard InChI is InChI=1S/C47H40O9/c1-51-46-42(56-45(50)35-24-12-4-13-25-35)41(55-44(49)34-22-10-3-11-23-34)40(54-43(48)33-20-8-2-9-21-33)39(53-46)32-52-47(36-26-14-5-15-27-36,37-28-16-6-17-29-37)38-30-18-7-19-31-38/h2-31,39-42,46H,32H2,1H3. The second kappa shape index (κ2) is 17.8. The zero-order chi connectivity index (χ0) is 38.7. The molecule has 9 heteroatoms. The Morgan fingerprint density at radius 3 is 1.14 bits per heavy atom. The van der Waals surface area contributed by atoms with Crippen LogP contribution in [-0.4, -0.2) is 62.3 Å². The number of hydrogen-bond acceptors (Lipinski definition) is 9. The van der Waals surface area contributed by atoms with Crippen LogP contribution in [0.15, 0.2) is 182 Å². The van der Waals surface area contributed by atoms with Gasteiger partial charge in [0, 0.05) is 7.11 Å². The van der Waals surface area contributed by atoms with Crippen molar-refractivity contribution in [3.05, 3.63) is 215 Å². The van der Waals surface area contributed by atoms with Crippen LogP contribution in [0.4, 0.5) is 0 Å². The lowest BCUT2D eigenvalue weighted by molar-refractivity contribution is -0.296. The highest BCUT2D eigenvalue weighted by atomic mass is 16.7. The molecule has 0 amide bonds. The van der Waals surface area contributed by atoms with Gasteiger partial charge in [0.05, 0.1) is 23.3 Å². The summed E-state index contributed by atoms with van der Waals surface area (Å²) in [4.78, 5) is 41.4. The summed E-state index contributed by atoms with van der Waals surface area (Å²) < 4.78 is 38.1. The summed E-state index contributed by atoms with van der Waals surface area (Å²) in [5, 5.41) is 0. The molecule has 6 aromatic carbocycles. The molecule has 0 N–H and O–H groups in total. The van der Waals surface area contributed by atoms with Gasteiger partial charge >= 0.3 is 17.9 Å². The van der Waals surface area contributed by atoms with E-state index in [1.54, 1.807) is 91.0 Å². The van der Waals surface area contributed by atoms with Crippen LogP contribution in [0, 0.1) is 0 Å². The second-order valence-electron chi connectivity index (χ2n) is 13.1. The van der Waals surface area contributed by atoms with E-state index < -0.39 is 54.2 Å². The average Bonchev–Trinajstić information content (AvgIpc) is 3.27. The highest BCUT2D eigenvalue weighted by Crippen LogP contribution is 2.42. The van der Waals surface area contributed by atoms with Gasteiger partial charge in [-0.3, -0.25) is 0 Å². The molecule has 9 nitrogen and oxygen atoms in total. The molecular weight excluding hydrogens is 709 g/mol. The molecular formula is C47H40O9. The molecule has 1 fully saturated rings. The molecule has 1 aliphatic rings. The molecule has 1 saturated heterocycles. The SMILES string of the molecule is COC1OC(COC(c2ccccc2)(c2ccccc2)c2ccccc2)C(OC(=O)c2ccccc2)C(OC(=O)c2ccccc2)C1OC(=O)c1ccccc1. The van der Waals surface area contributed by atoms with Crippen molar-refractivity contribution in [2.24, 2.45) is 0 Å². The fraction of sp³-hybridized carbons (Fsp3) is 0.170. The van der Waals surface area contributed by atoms with Gasteiger partial charge in [-0.15, -0.1) is 0 Å². The van der Waals surface area contributed by atoms with Crippen molar-refractivity contribution in [1.29, 1.82) is 0 Å². The number of carbonyl (C=O) groups excluding carboxylic acids is 3. The zero-order valence-electron chi connectivity index (χ0n) is 30.6. The average molecular weight is 749 g/mol. The van der Waals surface area contributed by atoms with Crippen LogP contribution in [0.1, 0.15) is 47.8 Å². The topological polar surface area (TPSA) is 107 Å². The first-order valence-electron chi connectivity index (χ1n) is 18.2. The highest BCUT2D eigenvalue weighted by molar-refractivity contribution is 5.91. The van der Waals surface area contributed by atoms with Crippen LogP contribution >= 0.6 is 0 Å².